The van der Waals surface area contributed by atoms with Gasteiger partial charge >= 0.3 is 0 Å². The van der Waals surface area contributed by atoms with Crippen LogP contribution in [0.4, 0.5) is 0 Å². The Labute approximate surface area is 125 Å². The summed E-state index contributed by atoms with van der Waals surface area (Å²) in [5.74, 6) is 1.36. The first-order chi connectivity index (χ1) is 9.22. The van der Waals surface area contributed by atoms with Crippen molar-refractivity contribution in [2.75, 3.05) is 19.3 Å². The fourth-order valence-corrected chi connectivity index (χ4v) is 3.42. The summed E-state index contributed by atoms with van der Waals surface area (Å²) >= 11 is 6.35. The molecular formula is C16H21NS2. The highest BCUT2D eigenvalue weighted by atomic mass is 32.1. The second-order valence-corrected chi connectivity index (χ2v) is 6.27. The van der Waals surface area contributed by atoms with Crippen molar-refractivity contribution in [2.24, 2.45) is 0 Å². The molecule has 0 bridgehead atoms. The van der Waals surface area contributed by atoms with Crippen molar-refractivity contribution in [1.82, 2.24) is 4.90 Å². The third kappa shape index (κ3) is 3.85. The molecule has 0 saturated carbocycles. The molecule has 1 heterocycles. The maximum atomic E-state index is 4.52. The Hall–Kier alpha value is -0.770. The zero-order valence-corrected chi connectivity index (χ0v) is 13.2. The topological polar surface area (TPSA) is 3.24 Å². The molecule has 2 unspecified atom stereocenters. The van der Waals surface area contributed by atoms with Gasteiger partial charge in [-0.3, -0.25) is 4.90 Å². The van der Waals surface area contributed by atoms with Crippen LogP contribution in [0.25, 0.3) is 0 Å². The SMILES string of the molecule is CC(c1cccs1)N(C)CC(CS)c1ccccc1. The van der Waals surface area contributed by atoms with E-state index in [4.69, 9.17) is 0 Å². The van der Waals surface area contributed by atoms with Crippen LogP contribution < -0.4 is 0 Å². The molecule has 0 fully saturated rings. The molecule has 2 aromatic rings. The Morgan fingerprint density at radius 3 is 2.47 bits per heavy atom. The van der Waals surface area contributed by atoms with E-state index in [0.29, 0.717) is 12.0 Å². The van der Waals surface area contributed by atoms with Gasteiger partial charge in [0.15, 0.2) is 0 Å². The second-order valence-electron chi connectivity index (χ2n) is 4.92. The summed E-state index contributed by atoms with van der Waals surface area (Å²) in [7, 11) is 2.20. The summed E-state index contributed by atoms with van der Waals surface area (Å²) < 4.78 is 0. The van der Waals surface area contributed by atoms with E-state index in [-0.39, 0.29) is 0 Å². The van der Waals surface area contributed by atoms with Gasteiger partial charge in [-0.15, -0.1) is 11.3 Å². The summed E-state index contributed by atoms with van der Waals surface area (Å²) in [6.45, 7) is 3.30. The summed E-state index contributed by atoms with van der Waals surface area (Å²) in [5, 5.41) is 2.15. The number of likely N-dealkylation sites (N-methyl/N-ethyl adjacent to an activating group) is 1. The molecule has 2 rings (SSSR count). The largest absolute Gasteiger partial charge is 0.298 e. The van der Waals surface area contributed by atoms with Crippen molar-refractivity contribution >= 4 is 24.0 Å². The second kappa shape index (κ2) is 7.13. The van der Waals surface area contributed by atoms with E-state index in [1.807, 2.05) is 11.3 Å². The van der Waals surface area contributed by atoms with Gasteiger partial charge in [-0.25, -0.2) is 0 Å². The van der Waals surface area contributed by atoms with Crippen LogP contribution in [-0.4, -0.2) is 24.2 Å². The van der Waals surface area contributed by atoms with Gasteiger partial charge in [0, 0.05) is 23.4 Å². The predicted octanol–water partition coefficient (Wildman–Crippen LogP) is 4.45. The van der Waals surface area contributed by atoms with Crippen LogP contribution in [0.1, 0.15) is 29.3 Å². The molecule has 3 heteroatoms. The molecule has 0 spiro atoms. The van der Waals surface area contributed by atoms with Gasteiger partial charge in [-0.05, 0) is 36.7 Å². The highest BCUT2D eigenvalue weighted by Crippen LogP contribution is 2.26. The van der Waals surface area contributed by atoms with Crippen LogP contribution in [0.15, 0.2) is 47.8 Å². The number of thiophene rings is 1. The third-order valence-corrected chi connectivity index (χ3v) is 5.10. The fraction of sp³-hybridized carbons (Fsp3) is 0.375. The summed E-state index contributed by atoms with van der Waals surface area (Å²) in [5.41, 5.74) is 1.38. The molecule has 0 aliphatic carbocycles. The molecule has 1 aromatic carbocycles. The minimum absolute atomic E-state index is 0.464. The molecule has 0 radical (unpaired) electrons. The summed E-state index contributed by atoms with van der Waals surface area (Å²) in [4.78, 5) is 3.84. The molecule has 0 N–H and O–H groups in total. The zero-order valence-electron chi connectivity index (χ0n) is 11.5. The molecule has 0 amide bonds. The van der Waals surface area contributed by atoms with Crippen molar-refractivity contribution in [3.8, 4) is 0 Å². The molecule has 0 aliphatic heterocycles. The number of benzene rings is 1. The van der Waals surface area contributed by atoms with Gasteiger partial charge in [-0.2, -0.15) is 12.6 Å². The average Bonchev–Trinajstić information content (AvgIpc) is 2.98. The maximum Gasteiger partial charge on any atom is 0.0410 e. The van der Waals surface area contributed by atoms with Gasteiger partial charge in [0.25, 0.3) is 0 Å². The lowest BCUT2D eigenvalue weighted by molar-refractivity contribution is 0.253. The highest BCUT2D eigenvalue weighted by molar-refractivity contribution is 7.80. The van der Waals surface area contributed by atoms with Crippen molar-refractivity contribution in [3.05, 3.63) is 58.3 Å². The van der Waals surface area contributed by atoms with Gasteiger partial charge in [0.1, 0.15) is 0 Å². The predicted molar refractivity (Wildman–Crippen MR) is 88.4 cm³/mol. The van der Waals surface area contributed by atoms with Gasteiger partial charge in [0.2, 0.25) is 0 Å². The first-order valence-electron chi connectivity index (χ1n) is 6.61. The number of thiol groups is 1. The fourth-order valence-electron chi connectivity index (χ4n) is 2.25. The van der Waals surface area contributed by atoms with E-state index in [2.05, 4.69) is 79.3 Å². The van der Waals surface area contributed by atoms with E-state index in [0.717, 1.165) is 12.3 Å². The number of hydrogen-bond donors (Lipinski definition) is 1. The number of rotatable bonds is 6. The molecule has 19 heavy (non-hydrogen) atoms. The Morgan fingerprint density at radius 2 is 1.89 bits per heavy atom. The molecular weight excluding hydrogens is 270 g/mol. The molecule has 0 aliphatic rings. The van der Waals surface area contributed by atoms with E-state index in [1.165, 1.54) is 10.4 Å². The van der Waals surface area contributed by atoms with Crippen molar-refractivity contribution in [1.29, 1.82) is 0 Å². The maximum absolute atomic E-state index is 4.52. The molecule has 1 aromatic heterocycles. The minimum Gasteiger partial charge on any atom is -0.298 e. The lowest BCUT2D eigenvalue weighted by atomic mass is 10.00. The van der Waals surface area contributed by atoms with Crippen LogP contribution in [-0.2, 0) is 0 Å². The van der Waals surface area contributed by atoms with Crippen LogP contribution in [0.5, 0.6) is 0 Å². The molecule has 102 valence electrons. The molecule has 2 atom stereocenters. The summed E-state index contributed by atoms with van der Waals surface area (Å²) in [6, 6.07) is 15.5. The zero-order chi connectivity index (χ0) is 13.7. The van der Waals surface area contributed by atoms with Crippen molar-refractivity contribution < 1.29 is 0 Å². The van der Waals surface area contributed by atoms with Crippen molar-refractivity contribution in [3.63, 3.8) is 0 Å². The first kappa shape index (κ1) is 14.6. The monoisotopic (exact) mass is 291 g/mol. The van der Waals surface area contributed by atoms with Crippen LogP contribution in [0.3, 0.4) is 0 Å². The van der Waals surface area contributed by atoms with E-state index in [1.54, 1.807) is 0 Å². The normalized spacial score (nSPS) is 14.5. The Balaban J connectivity index is 2.02. The molecule has 0 saturated heterocycles. The smallest absolute Gasteiger partial charge is 0.0410 e. The van der Waals surface area contributed by atoms with Crippen LogP contribution in [0.2, 0.25) is 0 Å². The lowest BCUT2D eigenvalue weighted by Crippen LogP contribution is -2.28. The van der Waals surface area contributed by atoms with Gasteiger partial charge < -0.3 is 0 Å². The Morgan fingerprint density at radius 1 is 1.16 bits per heavy atom. The number of hydrogen-bond acceptors (Lipinski definition) is 3. The average molecular weight is 291 g/mol. The van der Waals surface area contributed by atoms with E-state index < -0.39 is 0 Å². The summed E-state index contributed by atoms with van der Waals surface area (Å²) in [6.07, 6.45) is 0. The standard InChI is InChI=1S/C16H21NS2/c1-13(16-9-6-10-19-16)17(2)11-15(12-18)14-7-4-3-5-8-14/h3-10,13,15,18H,11-12H2,1-2H3. The lowest BCUT2D eigenvalue weighted by Gasteiger charge is -2.28. The van der Waals surface area contributed by atoms with E-state index in [9.17, 15) is 0 Å². The Kier molecular flexibility index (Phi) is 5.49. The molecule has 1 nitrogen and oxygen atoms in total. The highest BCUT2D eigenvalue weighted by Gasteiger charge is 2.17. The minimum atomic E-state index is 0.464. The third-order valence-electron chi connectivity index (χ3n) is 3.62. The first-order valence-corrected chi connectivity index (χ1v) is 8.13. The van der Waals surface area contributed by atoms with Gasteiger partial charge in [-0.1, -0.05) is 36.4 Å². The van der Waals surface area contributed by atoms with Gasteiger partial charge in [0.05, 0.1) is 0 Å². The van der Waals surface area contributed by atoms with Crippen molar-refractivity contribution in [2.45, 2.75) is 18.9 Å². The van der Waals surface area contributed by atoms with Crippen LogP contribution in [0, 0.1) is 0 Å². The quantitative estimate of drug-likeness (QED) is 0.769. The van der Waals surface area contributed by atoms with E-state index >= 15 is 0 Å². The Bertz CT molecular complexity index is 467. The van der Waals surface area contributed by atoms with Crippen LogP contribution >= 0.6 is 24.0 Å². The number of nitrogens with zero attached hydrogens (tertiary/aromatic N) is 1.